The van der Waals surface area contributed by atoms with E-state index in [1.54, 1.807) is 0 Å². The van der Waals surface area contributed by atoms with Gasteiger partial charge in [0.25, 0.3) is 0 Å². The molecule has 2 aromatic rings. The number of aryl methyl sites for hydroxylation is 2. The first-order valence-electron chi connectivity index (χ1n) is 5.34. The van der Waals surface area contributed by atoms with E-state index in [0.29, 0.717) is 5.15 Å². The van der Waals surface area contributed by atoms with Crippen molar-refractivity contribution in [3.63, 3.8) is 0 Å². The van der Waals surface area contributed by atoms with Crippen LogP contribution in [0.3, 0.4) is 0 Å². The van der Waals surface area contributed by atoms with E-state index in [0.717, 1.165) is 12.2 Å². The molecule has 0 aliphatic rings. The zero-order valence-corrected chi connectivity index (χ0v) is 9.88. The third kappa shape index (κ3) is 2.00. The number of hydrogen-bond acceptors (Lipinski definition) is 1. The summed E-state index contributed by atoms with van der Waals surface area (Å²) in [4.78, 5) is 4.38. The van der Waals surface area contributed by atoms with E-state index in [4.69, 9.17) is 11.6 Å². The molecule has 0 fully saturated rings. The predicted octanol–water partition coefficient (Wildman–Crippen LogP) is 3.80. The molecule has 0 saturated heterocycles. The molecule has 0 aromatic carbocycles. The topological polar surface area (TPSA) is 17.8 Å². The Kier molecular flexibility index (Phi) is 2.96. The van der Waals surface area contributed by atoms with Gasteiger partial charge in [-0.25, -0.2) is 4.98 Å². The Bertz CT molecular complexity index is 474. The monoisotopic (exact) mass is 222 g/mol. The molecule has 2 aromatic heterocycles. The third-order valence-electron chi connectivity index (χ3n) is 2.64. The van der Waals surface area contributed by atoms with Crippen molar-refractivity contribution in [3.05, 3.63) is 29.0 Å². The van der Waals surface area contributed by atoms with Crippen LogP contribution in [-0.2, 0) is 6.54 Å². The number of unbranched alkanes of at least 4 members (excludes halogenated alkanes) is 1. The van der Waals surface area contributed by atoms with E-state index < -0.39 is 0 Å². The fourth-order valence-corrected chi connectivity index (χ4v) is 1.96. The van der Waals surface area contributed by atoms with Gasteiger partial charge in [-0.1, -0.05) is 24.9 Å². The quantitative estimate of drug-likeness (QED) is 0.723. The van der Waals surface area contributed by atoms with Crippen LogP contribution in [0.5, 0.6) is 0 Å². The molecule has 0 bridgehead atoms. The third-order valence-corrected chi connectivity index (χ3v) is 2.85. The molecular formula is C12H15ClN2. The van der Waals surface area contributed by atoms with Crippen LogP contribution in [0.15, 0.2) is 18.3 Å². The summed E-state index contributed by atoms with van der Waals surface area (Å²) in [6, 6.07) is 3.89. The molecule has 0 amide bonds. The lowest BCUT2D eigenvalue weighted by Gasteiger charge is -2.02. The lowest BCUT2D eigenvalue weighted by atomic mass is 10.2. The fraction of sp³-hybridized carbons (Fsp3) is 0.417. The second kappa shape index (κ2) is 4.23. The summed E-state index contributed by atoms with van der Waals surface area (Å²) in [6.45, 7) is 5.33. The van der Waals surface area contributed by atoms with Crippen LogP contribution in [0.4, 0.5) is 0 Å². The van der Waals surface area contributed by atoms with E-state index in [-0.39, 0.29) is 0 Å². The van der Waals surface area contributed by atoms with Crippen molar-refractivity contribution < 1.29 is 0 Å². The van der Waals surface area contributed by atoms with Gasteiger partial charge in [0.2, 0.25) is 0 Å². The van der Waals surface area contributed by atoms with Gasteiger partial charge < -0.3 is 4.57 Å². The molecule has 2 heterocycles. The Morgan fingerprint density at radius 3 is 2.93 bits per heavy atom. The van der Waals surface area contributed by atoms with E-state index in [9.17, 15) is 0 Å². The second-order valence-corrected chi connectivity index (χ2v) is 4.25. The fourth-order valence-electron chi connectivity index (χ4n) is 1.82. The van der Waals surface area contributed by atoms with Crippen molar-refractivity contribution in [2.45, 2.75) is 33.2 Å². The molecule has 2 rings (SSSR count). The highest BCUT2D eigenvalue weighted by Crippen LogP contribution is 2.21. The first-order valence-corrected chi connectivity index (χ1v) is 5.72. The molecule has 0 atom stereocenters. The van der Waals surface area contributed by atoms with Crippen molar-refractivity contribution in [2.75, 3.05) is 0 Å². The van der Waals surface area contributed by atoms with Gasteiger partial charge in [0.15, 0.2) is 0 Å². The van der Waals surface area contributed by atoms with Crippen molar-refractivity contribution >= 4 is 22.6 Å². The summed E-state index contributed by atoms with van der Waals surface area (Å²) in [5, 5.41) is 1.77. The number of hydrogen-bond donors (Lipinski definition) is 0. The number of rotatable bonds is 3. The maximum atomic E-state index is 5.91. The lowest BCUT2D eigenvalue weighted by Crippen LogP contribution is -1.96. The highest BCUT2D eigenvalue weighted by Gasteiger charge is 2.06. The van der Waals surface area contributed by atoms with E-state index in [1.807, 2.05) is 12.1 Å². The molecule has 0 saturated carbocycles. The Morgan fingerprint density at radius 1 is 1.40 bits per heavy atom. The predicted molar refractivity (Wildman–Crippen MR) is 64.4 cm³/mol. The van der Waals surface area contributed by atoms with Crippen molar-refractivity contribution in [3.8, 4) is 0 Å². The summed E-state index contributed by atoms with van der Waals surface area (Å²) in [7, 11) is 0. The van der Waals surface area contributed by atoms with Gasteiger partial charge in [-0.05, 0) is 31.0 Å². The largest absolute Gasteiger partial charge is 0.332 e. The van der Waals surface area contributed by atoms with Crippen LogP contribution in [0.25, 0.3) is 11.0 Å². The van der Waals surface area contributed by atoms with Crippen LogP contribution in [0.1, 0.15) is 25.3 Å². The molecule has 80 valence electrons. The average molecular weight is 223 g/mol. The van der Waals surface area contributed by atoms with Crippen LogP contribution >= 0.6 is 11.6 Å². The highest BCUT2D eigenvalue weighted by molar-refractivity contribution is 6.29. The number of fused-ring (bicyclic) bond motifs is 1. The molecule has 3 heteroatoms. The smallest absolute Gasteiger partial charge is 0.141 e. The SMILES string of the molecule is CCCCn1cc(C)c2ccc(Cl)nc21. The summed E-state index contributed by atoms with van der Waals surface area (Å²) in [5.41, 5.74) is 2.28. The summed E-state index contributed by atoms with van der Waals surface area (Å²) in [5.74, 6) is 0. The van der Waals surface area contributed by atoms with Crippen LogP contribution < -0.4 is 0 Å². The van der Waals surface area contributed by atoms with Gasteiger partial charge in [0, 0.05) is 18.1 Å². The van der Waals surface area contributed by atoms with E-state index >= 15 is 0 Å². The zero-order chi connectivity index (χ0) is 10.8. The summed E-state index contributed by atoms with van der Waals surface area (Å²) >= 11 is 5.91. The maximum Gasteiger partial charge on any atom is 0.141 e. The molecule has 0 spiro atoms. The van der Waals surface area contributed by atoms with Gasteiger partial charge >= 0.3 is 0 Å². The second-order valence-electron chi connectivity index (χ2n) is 3.86. The van der Waals surface area contributed by atoms with E-state index in [1.165, 1.54) is 23.8 Å². The molecule has 0 N–H and O–H groups in total. The van der Waals surface area contributed by atoms with Crippen molar-refractivity contribution in [1.82, 2.24) is 9.55 Å². The van der Waals surface area contributed by atoms with Gasteiger partial charge in [0.05, 0.1) is 0 Å². The Labute approximate surface area is 94.9 Å². The minimum atomic E-state index is 0.568. The van der Waals surface area contributed by atoms with Gasteiger partial charge in [-0.15, -0.1) is 0 Å². The normalized spacial score (nSPS) is 11.1. The van der Waals surface area contributed by atoms with Gasteiger partial charge in [0.1, 0.15) is 10.8 Å². The Morgan fingerprint density at radius 2 is 2.20 bits per heavy atom. The Balaban J connectivity index is 2.49. The first-order chi connectivity index (χ1) is 7.22. The number of pyridine rings is 1. The molecule has 0 aliphatic heterocycles. The molecule has 2 nitrogen and oxygen atoms in total. The average Bonchev–Trinajstić information content (AvgIpc) is 2.52. The summed E-state index contributed by atoms with van der Waals surface area (Å²) in [6.07, 6.45) is 4.53. The van der Waals surface area contributed by atoms with Crippen molar-refractivity contribution in [1.29, 1.82) is 0 Å². The first kappa shape index (κ1) is 10.5. The molecule has 0 unspecified atom stereocenters. The zero-order valence-electron chi connectivity index (χ0n) is 9.13. The number of aromatic nitrogens is 2. The Hall–Kier alpha value is -1.02. The van der Waals surface area contributed by atoms with Crippen molar-refractivity contribution in [2.24, 2.45) is 0 Å². The van der Waals surface area contributed by atoms with Crippen LogP contribution in [0.2, 0.25) is 5.15 Å². The van der Waals surface area contributed by atoms with E-state index in [2.05, 4.69) is 29.6 Å². The highest BCUT2D eigenvalue weighted by atomic mass is 35.5. The molecule has 15 heavy (non-hydrogen) atoms. The van der Waals surface area contributed by atoms with Gasteiger partial charge in [-0.3, -0.25) is 0 Å². The number of nitrogens with zero attached hydrogens (tertiary/aromatic N) is 2. The minimum absolute atomic E-state index is 0.568. The number of halogens is 1. The van der Waals surface area contributed by atoms with Gasteiger partial charge in [-0.2, -0.15) is 0 Å². The minimum Gasteiger partial charge on any atom is -0.332 e. The summed E-state index contributed by atoms with van der Waals surface area (Å²) < 4.78 is 2.19. The molecular weight excluding hydrogens is 208 g/mol. The maximum absolute atomic E-state index is 5.91. The lowest BCUT2D eigenvalue weighted by molar-refractivity contribution is 0.645. The van der Waals surface area contributed by atoms with Crippen LogP contribution in [-0.4, -0.2) is 9.55 Å². The van der Waals surface area contributed by atoms with Crippen LogP contribution in [0, 0.1) is 6.92 Å². The standard InChI is InChI=1S/C12H15ClN2/c1-3-4-7-15-8-9(2)10-5-6-11(13)14-12(10)15/h5-6,8H,3-4,7H2,1-2H3. The molecule has 0 aliphatic carbocycles. The molecule has 0 radical (unpaired) electrons.